The highest BCUT2D eigenvalue weighted by Gasteiger charge is 2.41. The molecule has 1 heterocycles. The molecule has 84 valence electrons. The Balaban J connectivity index is 2.59. The molecule has 2 amide bonds. The highest BCUT2D eigenvalue weighted by atomic mass is 16.5. The largest absolute Gasteiger partial charge is 0.469 e. The van der Waals surface area contributed by atoms with Crippen LogP contribution in [0.1, 0.15) is 20.3 Å². The lowest BCUT2D eigenvalue weighted by Crippen LogP contribution is -2.33. The zero-order valence-electron chi connectivity index (χ0n) is 9.15. The molecule has 0 N–H and O–H groups in total. The van der Waals surface area contributed by atoms with E-state index >= 15 is 0 Å². The Hall–Kier alpha value is -1.39. The molecule has 2 atom stereocenters. The van der Waals surface area contributed by atoms with Gasteiger partial charge in [0.15, 0.2) is 0 Å². The molecule has 2 unspecified atom stereocenters. The second-order valence-corrected chi connectivity index (χ2v) is 3.73. The summed E-state index contributed by atoms with van der Waals surface area (Å²) < 4.78 is 4.45. The van der Waals surface area contributed by atoms with Crippen LogP contribution in [-0.4, -0.2) is 36.3 Å². The third kappa shape index (κ3) is 2.16. The fourth-order valence-corrected chi connectivity index (χ4v) is 1.55. The predicted octanol–water partition coefficient (Wildman–Crippen LogP) is 0.190. The van der Waals surface area contributed by atoms with E-state index in [0.29, 0.717) is 0 Å². The first-order valence-corrected chi connectivity index (χ1v) is 4.91. The van der Waals surface area contributed by atoms with Crippen LogP contribution in [0.4, 0.5) is 0 Å². The van der Waals surface area contributed by atoms with Gasteiger partial charge in [-0.1, -0.05) is 13.8 Å². The van der Waals surface area contributed by atoms with Gasteiger partial charge in [-0.25, -0.2) is 0 Å². The minimum atomic E-state index is -0.414. The minimum absolute atomic E-state index is 0.0629. The fraction of sp³-hybridized carbons (Fsp3) is 0.700. The molecule has 0 aliphatic carbocycles. The van der Waals surface area contributed by atoms with Crippen molar-refractivity contribution in [2.24, 2.45) is 11.8 Å². The predicted molar refractivity (Wildman–Crippen MR) is 51.7 cm³/mol. The number of hydrogen-bond donors (Lipinski definition) is 0. The van der Waals surface area contributed by atoms with Crippen molar-refractivity contribution in [1.29, 1.82) is 0 Å². The molecule has 1 aliphatic heterocycles. The van der Waals surface area contributed by atoms with Gasteiger partial charge in [0.2, 0.25) is 11.8 Å². The number of hydrogen-bond acceptors (Lipinski definition) is 4. The Morgan fingerprint density at radius 1 is 1.27 bits per heavy atom. The summed E-state index contributed by atoms with van der Waals surface area (Å²) in [4.78, 5) is 35.2. The van der Waals surface area contributed by atoms with Gasteiger partial charge in [-0.2, -0.15) is 0 Å². The van der Waals surface area contributed by atoms with Gasteiger partial charge < -0.3 is 4.74 Å². The average Bonchev–Trinajstić information content (AvgIpc) is 2.41. The lowest BCUT2D eigenvalue weighted by Gasteiger charge is -2.12. The number of esters is 1. The van der Waals surface area contributed by atoms with Crippen LogP contribution in [0.3, 0.4) is 0 Å². The second-order valence-electron chi connectivity index (χ2n) is 3.73. The molecule has 1 fully saturated rings. The van der Waals surface area contributed by atoms with E-state index in [1.165, 1.54) is 7.11 Å². The van der Waals surface area contributed by atoms with Crippen molar-refractivity contribution >= 4 is 17.8 Å². The van der Waals surface area contributed by atoms with E-state index in [4.69, 9.17) is 0 Å². The van der Waals surface area contributed by atoms with Crippen molar-refractivity contribution < 1.29 is 19.1 Å². The summed E-state index contributed by atoms with van der Waals surface area (Å²) in [5.74, 6) is -1.37. The van der Waals surface area contributed by atoms with E-state index in [1.54, 1.807) is 13.8 Å². The Morgan fingerprint density at radius 2 is 1.73 bits per heavy atom. The number of likely N-dealkylation sites (tertiary alicyclic amines) is 1. The second kappa shape index (κ2) is 4.42. The Morgan fingerprint density at radius 3 is 2.13 bits per heavy atom. The van der Waals surface area contributed by atoms with Crippen LogP contribution in [0, 0.1) is 11.8 Å². The van der Waals surface area contributed by atoms with Gasteiger partial charge in [0, 0.05) is 18.4 Å². The molecule has 1 saturated heterocycles. The van der Waals surface area contributed by atoms with Crippen LogP contribution in [0.15, 0.2) is 0 Å². The highest BCUT2D eigenvalue weighted by molar-refractivity contribution is 6.04. The number of ether oxygens (including phenoxy) is 1. The molecule has 15 heavy (non-hydrogen) atoms. The third-order valence-corrected chi connectivity index (χ3v) is 2.83. The Kier molecular flexibility index (Phi) is 3.44. The molecule has 0 aromatic heterocycles. The standard InChI is InChI=1S/C10H15NO4/c1-6-7(2)10(14)11(9(6)13)5-4-8(12)15-3/h6-7H,4-5H2,1-3H3. The van der Waals surface area contributed by atoms with Gasteiger partial charge in [0.25, 0.3) is 0 Å². The molecule has 0 bridgehead atoms. The molecular weight excluding hydrogens is 198 g/mol. The van der Waals surface area contributed by atoms with Crippen LogP contribution in [0.5, 0.6) is 0 Å². The Labute approximate surface area is 88.4 Å². The third-order valence-electron chi connectivity index (χ3n) is 2.83. The summed E-state index contributed by atoms with van der Waals surface area (Å²) in [7, 11) is 1.28. The molecular formula is C10H15NO4. The topological polar surface area (TPSA) is 63.7 Å². The summed E-state index contributed by atoms with van der Waals surface area (Å²) in [5, 5.41) is 0. The number of carbonyl (C=O) groups is 3. The number of imide groups is 1. The summed E-state index contributed by atoms with van der Waals surface area (Å²) >= 11 is 0. The first-order chi connectivity index (χ1) is 6.99. The summed E-state index contributed by atoms with van der Waals surface area (Å²) in [6, 6.07) is 0. The van der Waals surface area contributed by atoms with Crippen LogP contribution >= 0.6 is 0 Å². The van der Waals surface area contributed by atoms with Crippen LogP contribution in [0.25, 0.3) is 0 Å². The maximum absolute atomic E-state index is 11.6. The number of rotatable bonds is 3. The van der Waals surface area contributed by atoms with Crippen molar-refractivity contribution in [1.82, 2.24) is 4.90 Å². The molecule has 1 rings (SSSR count). The molecule has 0 aromatic carbocycles. The summed E-state index contributed by atoms with van der Waals surface area (Å²) in [6.07, 6.45) is 0.0629. The van der Waals surface area contributed by atoms with Crippen molar-refractivity contribution in [3.05, 3.63) is 0 Å². The monoisotopic (exact) mass is 213 g/mol. The molecule has 1 aliphatic rings. The first kappa shape index (κ1) is 11.7. The molecule has 0 radical (unpaired) electrons. The molecule has 0 aromatic rings. The lowest BCUT2D eigenvalue weighted by atomic mass is 10.00. The van der Waals surface area contributed by atoms with Gasteiger partial charge in [0.1, 0.15) is 0 Å². The van der Waals surface area contributed by atoms with Gasteiger partial charge >= 0.3 is 5.97 Å². The van der Waals surface area contributed by atoms with Crippen molar-refractivity contribution in [2.75, 3.05) is 13.7 Å². The van der Waals surface area contributed by atoms with E-state index in [-0.39, 0.29) is 36.6 Å². The maximum Gasteiger partial charge on any atom is 0.307 e. The van der Waals surface area contributed by atoms with Crippen molar-refractivity contribution in [3.8, 4) is 0 Å². The highest BCUT2D eigenvalue weighted by Crippen LogP contribution is 2.25. The number of nitrogens with zero attached hydrogens (tertiary/aromatic N) is 1. The van der Waals surface area contributed by atoms with Gasteiger partial charge in [-0.15, -0.1) is 0 Å². The maximum atomic E-state index is 11.6. The summed E-state index contributed by atoms with van der Waals surface area (Å²) in [5.41, 5.74) is 0. The van der Waals surface area contributed by atoms with Crippen molar-refractivity contribution in [3.63, 3.8) is 0 Å². The van der Waals surface area contributed by atoms with E-state index < -0.39 is 5.97 Å². The van der Waals surface area contributed by atoms with E-state index in [0.717, 1.165) is 4.90 Å². The van der Waals surface area contributed by atoms with E-state index in [1.807, 2.05) is 0 Å². The SMILES string of the molecule is COC(=O)CCN1C(=O)C(C)C(C)C1=O. The molecule has 0 spiro atoms. The number of carbonyl (C=O) groups excluding carboxylic acids is 3. The van der Waals surface area contributed by atoms with Crippen LogP contribution < -0.4 is 0 Å². The zero-order valence-corrected chi connectivity index (χ0v) is 9.15. The van der Waals surface area contributed by atoms with Crippen LogP contribution in [0.2, 0.25) is 0 Å². The van der Waals surface area contributed by atoms with E-state index in [2.05, 4.69) is 4.74 Å². The number of methoxy groups -OCH3 is 1. The molecule has 0 saturated carbocycles. The summed E-state index contributed by atoms with van der Waals surface area (Å²) in [6.45, 7) is 3.57. The molecule has 5 heteroatoms. The first-order valence-electron chi connectivity index (χ1n) is 4.91. The smallest absolute Gasteiger partial charge is 0.307 e. The molecule has 5 nitrogen and oxygen atoms in total. The lowest BCUT2D eigenvalue weighted by molar-refractivity contribution is -0.143. The van der Waals surface area contributed by atoms with Crippen LogP contribution in [-0.2, 0) is 19.1 Å². The van der Waals surface area contributed by atoms with Gasteiger partial charge in [-0.05, 0) is 0 Å². The number of amides is 2. The van der Waals surface area contributed by atoms with Gasteiger partial charge in [0.05, 0.1) is 13.5 Å². The average molecular weight is 213 g/mol. The van der Waals surface area contributed by atoms with E-state index in [9.17, 15) is 14.4 Å². The minimum Gasteiger partial charge on any atom is -0.469 e. The fourth-order valence-electron chi connectivity index (χ4n) is 1.55. The Bertz CT molecular complexity index is 280. The quantitative estimate of drug-likeness (QED) is 0.496. The zero-order chi connectivity index (χ0) is 11.6. The van der Waals surface area contributed by atoms with Gasteiger partial charge in [-0.3, -0.25) is 19.3 Å². The van der Waals surface area contributed by atoms with Crippen molar-refractivity contribution in [2.45, 2.75) is 20.3 Å². The normalized spacial score (nSPS) is 25.9.